The fraction of sp³-hybridized carbons (Fsp3) is 0.188. The molecule has 0 bridgehead atoms. The van der Waals surface area contributed by atoms with Gasteiger partial charge in [-0.25, -0.2) is 9.37 Å². The van der Waals surface area contributed by atoms with Crippen LogP contribution in [0.5, 0.6) is 0 Å². The highest BCUT2D eigenvalue weighted by Gasteiger charge is 2.15. The van der Waals surface area contributed by atoms with E-state index in [9.17, 15) is 9.18 Å². The van der Waals surface area contributed by atoms with Gasteiger partial charge in [-0.2, -0.15) is 0 Å². The zero-order valence-electron chi connectivity index (χ0n) is 12.6. The number of aryl methyl sites for hydroxylation is 2. The summed E-state index contributed by atoms with van der Waals surface area (Å²) >= 11 is 1.30. The van der Waals surface area contributed by atoms with Gasteiger partial charge >= 0.3 is 0 Å². The third-order valence-electron chi connectivity index (χ3n) is 3.39. The molecule has 3 rings (SSSR count). The third kappa shape index (κ3) is 3.45. The topological polar surface area (TPSA) is 68.0 Å². The standard InChI is InChI=1S/C16H14FN3O2S/c1-9-13(10(2)22-20-9)7-15(21)19-16-18-14(8-23-16)11-4-3-5-12(17)6-11/h3-6,8H,7H2,1-2H3,(H,18,19,21). The van der Waals surface area contributed by atoms with Crippen LogP contribution in [0.2, 0.25) is 0 Å². The lowest BCUT2D eigenvalue weighted by Gasteiger charge is -2.01. The van der Waals surface area contributed by atoms with Gasteiger partial charge in [0, 0.05) is 16.5 Å². The fourth-order valence-corrected chi connectivity index (χ4v) is 2.93. The maximum atomic E-state index is 13.2. The van der Waals surface area contributed by atoms with Crippen molar-refractivity contribution >= 4 is 22.4 Å². The molecular weight excluding hydrogens is 317 g/mol. The Bertz CT molecular complexity index is 837. The van der Waals surface area contributed by atoms with E-state index in [1.54, 1.807) is 31.4 Å². The Kier molecular flexibility index (Phi) is 4.20. The van der Waals surface area contributed by atoms with Gasteiger partial charge in [0.05, 0.1) is 17.8 Å². The Balaban J connectivity index is 1.70. The van der Waals surface area contributed by atoms with Crippen LogP contribution in [-0.4, -0.2) is 16.0 Å². The molecule has 23 heavy (non-hydrogen) atoms. The molecule has 2 heterocycles. The van der Waals surface area contributed by atoms with E-state index >= 15 is 0 Å². The number of anilines is 1. The second-order valence-electron chi connectivity index (χ2n) is 5.08. The van der Waals surface area contributed by atoms with E-state index in [0.29, 0.717) is 27.8 Å². The number of carbonyl (C=O) groups excluding carboxylic acids is 1. The molecule has 0 aliphatic rings. The Morgan fingerprint density at radius 1 is 1.39 bits per heavy atom. The predicted molar refractivity (Wildman–Crippen MR) is 85.8 cm³/mol. The first kappa shape index (κ1) is 15.4. The number of hydrogen-bond donors (Lipinski definition) is 1. The predicted octanol–water partition coefficient (Wildman–Crippen LogP) is 3.74. The molecule has 3 aromatic rings. The van der Waals surface area contributed by atoms with Crippen molar-refractivity contribution in [2.75, 3.05) is 5.32 Å². The van der Waals surface area contributed by atoms with E-state index in [0.717, 1.165) is 5.56 Å². The fourth-order valence-electron chi connectivity index (χ4n) is 2.19. The summed E-state index contributed by atoms with van der Waals surface area (Å²) in [5.41, 5.74) is 2.79. The van der Waals surface area contributed by atoms with Crippen molar-refractivity contribution < 1.29 is 13.7 Å². The SMILES string of the molecule is Cc1noc(C)c1CC(=O)Nc1nc(-c2cccc(F)c2)cs1. The van der Waals surface area contributed by atoms with Crippen LogP contribution in [0.1, 0.15) is 17.0 Å². The molecule has 0 radical (unpaired) electrons. The number of hydrogen-bond acceptors (Lipinski definition) is 5. The zero-order chi connectivity index (χ0) is 16.4. The lowest BCUT2D eigenvalue weighted by Crippen LogP contribution is -2.15. The van der Waals surface area contributed by atoms with Crippen LogP contribution < -0.4 is 5.32 Å². The first-order chi connectivity index (χ1) is 11.0. The van der Waals surface area contributed by atoms with E-state index in [-0.39, 0.29) is 18.1 Å². The molecule has 0 atom stereocenters. The summed E-state index contributed by atoms with van der Waals surface area (Å²) in [5.74, 6) is 0.122. The molecule has 0 fully saturated rings. The minimum absolute atomic E-state index is 0.177. The molecule has 0 unspecified atom stereocenters. The molecule has 7 heteroatoms. The van der Waals surface area contributed by atoms with Gasteiger partial charge in [-0.3, -0.25) is 4.79 Å². The van der Waals surface area contributed by atoms with Crippen LogP contribution in [0, 0.1) is 19.7 Å². The summed E-state index contributed by atoms with van der Waals surface area (Å²) in [7, 11) is 0. The van der Waals surface area contributed by atoms with Crippen molar-refractivity contribution in [3.05, 3.63) is 52.5 Å². The van der Waals surface area contributed by atoms with Crippen LogP contribution in [-0.2, 0) is 11.2 Å². The summed E-state index contributed by atoms with van der Waals surface area (Å²) < 4.78 is 18.3. The van der Waals surface area contributed by atoms with Crippen LogP contribution in [0.25, 0.3) is 11.3 Å². The van der Waals surface area contributed by atoms with Gasteiger partial charge in [0.25, 0.3) is 0 Å². The van der Waals surface area contributed by atoms with Gasteiger partial charge in [0.1, 0.15) is 11.6 Å². The largest absolute Gasteiger partial charge is 0.361 e. The number of aromatic nitrogens is 2. The summed E-state index contributed by atoms with van der Waals surface area (Å²) in [6.45, 7) is 3.57. The molecule has 1 N–H and O–H groups in total. The van der Waals surface area contributed by atoms with Crippen LogP contribution in [0.15, 0.2) is 34.2 Å². The molecular formula is C16H14FN3O2S. The van der Waals surface area contributed by atoms with Gasteiger partial charge in [0.15, 0.2) is 5.13 Å². The number of thiazole rings is 1. The molecule has 118 valence electrons. The van der Waals surface area contributed by atoms with E-state index in [4.69, 9.17) is 4.52 Å². The van der Waals surface area contributed by atoms with E-state index in [2.05, 4.69) is 15.5 Å². The number of benzene rings is 1. The first-order valence-corrected chi connectivity index (χ1v) is 7.84. The Hall–Kier alpha value is -2.54. The van der Waals surface area contributed by atoms with Gasteiger partial charge < -0.3 is 9.84 Å². The smallest absolute Gasteiger partial charge is 0.230 e. The summed E-state index contributed by atoms with van der Waals surface area (Å²) in [4.78, 5) is 16.4. The average Bonchev–Trinajstić information content (AvgIpc) is 3.09. The van der Waals surface area contributed by atoms with Crippen molar-refractivity contribution in [1.82, 2.24) is 10.1 Å². The van der Waals surface area contributed by atoms with Crippen LogP contribution >= 0.6 is 11.3 Å². The van der Waals surface area contributed by atoms with Gasteiger partial charge in [-0.1, -0.05) is 17.3 Å². The molecule has 1 amide bonds. The van der Waals surface area contributed by atoms with Crippen molar-refractivity contribution in [1.29, 1.82) is 0 Å². The number of carbonyl (C=O) groups is 1. The minimum atomic E-state index is -0.320. The normalized spacial score (nSPS) is 10.7. The molecule has 5 nitrogen and oxygen atoms in total. The molecule has 2 aromatic heterocycles. The van der Waals surface area contributed by atoms with Gasteiger partial charge in [-0.15, -0.1) is 11.3 Å². The lowest BCUT2D eigenvalue weighted by molar-refractivity contribution is -0.115. The molecule has 0 saturated carbocycles. The molecule has 0 aliphatic carbocycles. The van der Waals surface area contributed by atoms with Gasteiger partial charge in [-0.05, 0) is 26.0 Å². The minimum Gasteiger partial charge on any atom is -0.361 e. The van der Waals surface area contributed by atoms with Crippen molar-refractivity contribution in [2.24, 2.45) is 0 Å². The highest BCUT2D eigenvalue weighted by Crippen LogP contribution is 2.25. The first-order valence-electron chi connectivity index (χ1n) is 6.96. The third-order valence-corrected chi connectivity index (χ3v) is 4.15. The van der Waals surface area contributed by atoms with Gasteiger partial charge in [0.2, 0.25) is 5.91 Å². The summed E-state index contributed by atoms with van der Waals surface area (Å²) in [6, 6.07) is 6.18. The number of amides is 1. The molecule has 0 spiro atoms. The quantitative estimate of drug-likeness (QED) is 0.791. The summed E-state index contributed by atoms with van der Waals surface area (Å²) in [5, 5.41) is 8.82. The monoisotopic (exact) mass is 331 g/mol. The van der Waals surface area contributed by atoms with E-state index in [1.807, 2.05) is 0 Å². The second kappa shape index (κ2) is 6.29. The number of halogens is 1. The lowest BCUT2D eigenvalue weighted by atomic mass is 10.1. The zero-order valence-corrected chi connectivity index (χ0v) is 13.4. The van der Waals surface area contributed by atoms with Crippen LogP contribution in [0.4, 0.5) is 9.52 Å². The van der Waals surface area contributed by atoms with E-state index < -0.39 is 0 Å². The highest BCUT2D eigenvalue weighted by atomic mass is 32.1. The van der Waals surface area contributed by atoms with Crippen molar-refractivity contribution in [2.45, 2.75) is 20.3 Å². The maximum absolute atomic E-state index is 13.2. The maximum Gasteiger partial charge on any atom is 0.230 e. The van der Waals surface area contributed by atoms with Crippen molar-refractivity contribution in [3.8, 4) is 11.3 Å². The molecule has 0 saturated heterocycles. The number of nitrogens with zero attached hydrogens (tertiary/aromatic N) is 2. The highest BCUT2D eigenvalue weighted by molar-refractivity contribution is 7.14. The number of nitrogens with one attached hydrogen (secondary N) is 1. The summed E-state index contributed by atoms with van der Waals surface area (Å²) in [6.07, 6.45) is 0.177. The van der Waals surface area contributed by atoms with Crippen LogP contribution in [0.3, 0.4) is 0 Å². The Morgan fingerprint density at radius 3 is 2.91 bits per heavy atom. The Morgan fingerprint density at radius 2 is 2.22 bits per heavy atom. The van der Waals surface area contributed by atoms with E-state index in [1.165, 1.54) is 23.5 Å². The average molecular weight is 331 g/mol. The second-order valence-corrected chi connectivity index (χ2v) is 5.93. The molecule has 1 aromatic carbocycles. The number of rotatable bonds is 4. The molecule has 0 aliphatic heterocycles. The van der Waals surface area contributed by atoms with Crippen molar-refractivity contribution in [3.63, 3.8) is 0 Å². The Labute approximate surface area is 136 Å².